The summed E-state index contributed by atoms with van der Waals surface area (Å²) in [7, 11) is 0. The molecule has 0 amide bonds. The lowest BCUT2D eigenvalue weighted by molar-refractivity contribution is -0.0928. The van der Waals surface area contributed by atoms with E-state index in [2.05, 4.69) is 15.7 Å². The maximum absolute atomic E-state index is 13.0. The number of nitrogens with two attached hydrogens (primary N) is 3. The third-order valence-corrected chi connectivity index (χ3v) is 3.58. The maximum Gasteiger partial charge on any atom is 0.433 e. The Balaban J connectivity index is 2.28. The molecule has 0 aliphatic heterocycles. The van der Waals surface area contributed by atoms with Crippen molar-refractivity contribution in [1.29, 1.82) is 0 Å². The quantitative estimate of drug-likeness (QED) is 0.290. The number of pyridine rings is 1. The van der Waals surface area contributed by atoms with Crippen LogP contribution in [0.25, 0.3) is 5.70 Å². The van der Waals surface area contributed by atoms with E-state index in [1.165, 1.54) is 24.5 Å². The number of anilines is 1. The van der Waals surface area contributed by atoms with Gasteiger partial charge in [-0.3, -0.25) is 9.99 Å². The molecular weight excluding hydrogens is 414 g/mol. The molecule has 1 aromatic heterocycles. The summed E-state index contributed by atoms with van der Waals surface area (Å²) in [4.78, 5) is 7.13. The number of aliphatic imine (C=N–C) groups is 1. The zero-order valence-corrected chi connectivity index (χ0v) is 15.1. The van der Waals surface area contributed by atoms with Crippen LogP contribution in [-0.4, -0.2) is 23.0 Å². The lowest BCUT2D eigenvalue weighted by Crippen LogP contribution is -2.26. The molecule has 0 saturated heterocycles. The number of benzene rings is 1. The summed E-state index contributed by atoms with van der Waals surface area (Å²) in [6, 6.07) is 8.29. The Morgan fingerprint density at radius 1 is 0.967 bits per heavy atom. The van der Waals surface area contributed by atoms with E-state index in [4.69, 9.17) is 11.6 Å². The molecule has 0 radical (unpaired) electrons. The van der Waals surface area contributed by atoms with Gasteiger partial charge in [-0.1, -0.05) is 0 Å². The van der Waals surface area contributed by atoms with Crippen molar-refractivity contribution in [3.63, 3.8) is 0 Å². The monoisotopic (exact) mass is 430 g/mol. The number of alkyl halides is 6. The molecule has 0 unspecified atom stereocenters. The second-order valence-electron chi connectivity index (χ2n) is 5.84. The SMILES string of the molecule is NC(=CC(=Nc1ccc(N(N)/C=C(\N)c2cccnc2)cc1)C(F)(F)F)C(F)(F)F. The summed E-state index contributed by atoms with van der Waals surface area (Å²) >= 11 is 0. The molecule has 1 heterocycles. The summed E-state index contributed by atoms with van der Waals surface area (Å²) in [5.41, 5.74) is 7.81. The Morgan fingerprint density at radius 2 is 1.60 bits per heavy atom. The van der Waals surface area contributed by atoms with Crippen molar-refractivity contribution in [1.82, 2.24) is 4.98 Å². The van der Waals surface area contributed by atoms with Gasteiger partial charge in [-0.15, -0.1) is 0 Å². The Hall–Kier alpha value is -3.54. The zero-order chi connectivity index (χ0) is 22.5. The van der Waals surface area contributed by atoms with Gasteiger partial charge in [0.05, 0.1) is 17.1 Å². The largest absolute Gasteiger partial charge is 0.433 e. The van der Waals surface area contributed by atoms with Gasteiger partial charge >= 0.3 is 12.4 Å². The van der Waals surface area contributed by atoms with Crippen molar-refractivity contribution >= 4 is 22.8 Å². The number of aromatic nitrogens is 1. The number of hydrogen-bond acceptors (Lipinski definition) is 6. The van der Waals surface area contributed by atoms with Crippen molar-refractivity contribution in [3.05, 3.63) is 72.3 Å². The zero-order valence-electron chi connectivity index (χ0n) is 15.1. The highest BCUT2D eigenvalue weighted by atomic mass is 19.4. The summed E-state index contributed by atoms with van der Waals surface area (Å²) in [6.45, 7) is 0. The van der Waals surface area contributed by atoms with Crippen molar-refractivity contribution < 1.29 is 26.3 Å². The molecule has 0 aliphatic carbocycles. The number of hydrogen-bond donors (Lipinski definition) is 3. The number of nitrogens with zero attached hydrogens (tertiary/aromatic N) is 3. The fourth-order valence-corrected chi connectivity index (χ4v) is 2.08. The van der Waals surface area contributed by atoms with Gasteiger partial charge in [-0.05, 0) is 42.5 Å². The number of hydrazine groups is 1. The van der Waals surface area contributed by atoms with E-state index < -0.39 is 23.8 Å². The van der Waals surface area contributed by atoms with Crippen LogP contribution < -0.4 is 22.3 Å². The van der Waals surface area contributed by atoms with Crippen LogP contribution in [0, 0.1) is 0 Å². The van der Waals surface area contributed by atoms with E-state index >= 15 is 0 Å². The molecule has 12 heteroatoms. The highest BCUT2D eigenvalue weighted by molar-refractivity contribution is 6.01. The van der Waals surface area contributed by atoms with Crippen LogP contribution in [0.5, 0.6) is 0 Å². The van der Waals surface area contributed by atoms with E-state index in [-0.39, 0.29) is 17.5 Å². The van der Waals surface area contributed by atoms with E-state index in [0.717, 1.165) is 17.1 Å². The lowest BCUT2D eigenvalue weighted by Gasteiger charge is -2.15. The molecular formula is C18H16F6N6. The van der Waals surface area contributed by atoms with E-state index in [9.17, 15) is 26.3 Å². The van der Waals surface area contributed by atoms with Crippen molar-refractivity contribution in [2.75, 3.05) is 5.01 Å². The molecule has 6 N–H and O–H groups in total. The first-order valence-corrected chi connectivity index (χ1v) is 8.10. The predicted octanol–water partition coefficient (Wildman–Crippen LogP) is 3.76. The first-order valence-electron chi connectivity index (χ1n) is 8.10. The molecule has 0 aliphatic rings. The minimum absolute atomic E-state index is 0.255. The second-order valence-corrected chi connectivity index (χ2v) is 5.84. The van der Waals surface area contributed by atoms with Gasteiger partial charge in [0.1, 0.15) is 11.4 Å². The smallest absolute Gasteiger partial charge is 0.397 e. The number of rotatable bonds is 5. The van der Waals surface area contributed by atoms with Gasteiger partial charge < -0.3 is 11.5 Å². The molecule has 0 saturated carbocycles. The van der Waals surface area contributed by atoms with Crippen LogP contribution >= 0.6 is 0 Å². The fourth-order valence-electron chi connectivity index (χ4n) is 2.08. The number of allylic oxidation sites excluding steroid dienone is 2. The fraction of sp³-hybridized carbons (Fsp3) is 0.111. The van der Waals surface area contributed by atoms with Crippen LogP contribution in [0.3, 0.4) is 0 Å². The minimum Gasteiger partial charge on any atom is -0.397 e. The Bertz CT molecular complexity index is 946. The van der Waals surface area contributed by atoms with Gasteiger partial charge in [-0.2, -0.15) is 26.3 Å². The molecule has 0 bridgehead atoms. The summed E-state index contributed by atoms with van der Waals surface area (Å²) in [5, 5.41) is 1.11. The normalized spacial score (nSPS) is 14.0. The highest BCUT2D eigenvalue weighted by Crippen LogP contribution is 2.27. The average Bonchev–Trinajstić information content (AvgIpc) is 2.67. The van der Waals surface area contributed by atoms with E-state index in [0.29, 0.717) is 11.3 Å². The average molecular weight is 430 g/mol. The molecule has 30 heavy (non-hydrogen) atoms. The molecule has 0 spiro atoms. The van der Waals surface area contributed by atoms with Crippen LogP contribution in [0.15, 0.2) is 71.8 Å². The Kier molecular flexibility index (Phi) is 6.72. The van der Waals surface area contributed by atoms with Gasteiger partial charge in [0, 0.05) is 24.2 Å². The summed E-state index contributed by atoms with van der Waals surface area (Å²) < 4.78 is 76.4. The topological polar surface area (TPSA) is 107 Å². The van der Waals surface area contributed by atoms with Crippen molar-refractivity contribution in [2.24, 2.45) is 22.3 Å². The Morgan fingerprint density at radius 3 is 2.10 bits per heavy atom. The van der Waals surface area contributed by atoms with E-state index in [1.54, 1.807) is 18.3 Å². The van der Waals surface area contributed by atoms with Crippen LogP contribution in [0.4, 0.5) is 37.7 Å². The molecule has 160 valence electrons. The predicted molar refractivity (Wildman–Crippen MR) is 101 cm³/mol. The lowest BCUT2D eigenvalue weighted by atomic mass is 10.2. The van der Waals surface area contributed by atoms with E-state index in [1.807, 2.05) is 0 Å². The van der Waals surface area contributed by atoms with Crippen LogP contribution in [-0.2, 0) is 0 Å². The van der Waals surface area contributed by atoms with Gasteiger partial charge in [-0.25, -0.2) is 10.8 Å². The van der Waals surface area contributed by atoms with Crippen LogP contribution in [0.2, 0.25) is 0 Å². The number of halogens is 6. The molecule has 2 rings (SSSR count). The van der Waals surface area contributed by atoms with Crippen LogP contribution in [0.1, 0.15) is 5.56 Å². The first-order chi connectivity index (χ1) is 13.9. The maximum atomic E-state index is 13.0. The second kappa shape index (κ2) is 8.86. The molecule has 0 fully saturated rings. The minimum atomic E-state index is -5.14. The summed E-state index contributed by atoms with van der Waals surface area (Å²) in [5.74, 6) is 5.86. The van der Waals surface area contributed by atoms with Crippen molar-refractivity contribution in [3.8, 4) is 0 Å². The van der Waals surface area contributed by atoms with Crippen molar-refractivity contribution in [2.45, 2.75) is 12.4 Å². The molecule has 1 aromatic carbocycles. The third kappa shape index (κ3) is 6.24. The standard InChI is InChI=1S/C18H16F6N6/c19-17(20,21)15(26)8-16(18(22,23)24)29-12-3-5-13(6-4-12)30(27)10-14(25)11-2-1-7-28-9-11/h1-10H,25-27H2/b14-10-,15-8?,29-16?. The summed E-state index contributed by atoms with van der Waals surface area (Å²) in [6.07, 6.45) is -6.09. The van der Waals surface area contributed by atoms with Gasteiger partial charge in [0.15, 0.2) is 0 Å². The Labute approximate surface area is 167 Å². The third-order valence-electron chi connectivity index (χ3n) is 3.58. The molecule has 6 nitrogen and oxygen atoms in total. The van der Waals surface area contributed by atoms with Gasteiger partial charge in [0.2, 0.25) is 0 Å². The molecule has 2 aromatic rings. The first kappa shape index (κ1) is 22.7. The van der Waals surface area contributed by atoms with Gasteiger partial charge in [0.25, 0.3) is 0 Å². The molecule has 0 atom stereocenters. The highest BCUT2D eigenvalue weighted by Gasteiger charge is 2.38.